The van der Waals surface area contributed by atoms with Crippen molar-refractivity contribution in [3.8, 4) is 0 Å². The van der Waals surface area contributed by atoms with E-state index in [4.69, 9.17) is 4.55 Å². The van der Waals surface area contributed by atoms with Crippen molar-refractivity contribution in [3.05, 3.63) is 12.7 Å². The zero-order valence-electron chi connectivity index (χ0n) is 15.2. The molecule has 13 heteroatoms. The van der Waals surface area contributed by atoms with E-state index in [1.807, 2.05) is 0 Å². The van der Waals surface area contributed by atoms with E-state index in [-0.39, 0.29) is 0 Å². The summed E-state index contributed by atoms with van der Waals surface area (Å²) in [6.45, 7) is 1.25. The van der Waals surface area contributed by atoms with Gasteiger partial charge in [-0.1, -0.05) is 38.7 Å². The maximum atomic E-state index is 13.7. The number of hydrogen-bond acceptors (Lipinski definition) is 6. The van der Waals surface area contributed by atoms with Crippen molar-refractivity contribution in [2.75, 3.05) is 6.61 Å². The maximum Gasteiger partial charge on any atom is 0.463 e. The second-order valence-electron chi connectivity index (χ2n) is 6.58. The van der Waals surface area contributed by atoms with Crippen LogP contribution in [-0.4, -0.2) is 48.5 Å². The summed E-state index contributed by atoms with van der Waals surface area (Å²) in [6.07, 6.45) is -4.79. The van der Waals surface area contributed by atoms with Crippen molar-refractivity contribution in [1.29, 1.82) is 0 Å². The lowest BCUT2D eigenvalue weighted by Gasteiger charge is -2.34. The molecule has 0 amide bonds. The normalized spacial score (nSPS) is 18.7. The van der Waals surface area contributed by atoms with Crippen molar-refractivity contribution in [2.24, 2.45) is 5.92 Å². The van der Waals surface area contributed by atoms with Gasteiger partial charge in [0, 0.05) is 12.5 Å². The molecule has 1 unspecified atom stereocenters. The van der Waals surface area contributed by atoms with Gasteiger partial charge in [-0.3, -0.25) is 9.35 Å². The Morgan fingerprint density at radius 2 is 1.66 bits per heavy atom. The van der Waals surface area contributed by atoms with E-state index < -0.39 is 64.5 Å². The van der Waals surface area contributed by atoms with E-state index in [9.17, 15) is 40.0 Å². The van der Waals surface area contributed by atoms with Crippen molar-refractivity contribution in [3.63, 3.8) is 0 Å². The molecule has 0 heterocycles. The van der Waals surface area contributed by atoms with Crippen molar-refractivity contribution < 1.29 is 54.0 Å². The van der Waals surface area contributed by atoms with Crippen LogP contribution in [0.15, 0.2) is 12.7 Å². The van der Waals surface area contributed by atoms with Gasteiger partial charge in [0.2, 0.25) is 5.78 Å². The van der Waals surface area contributed by atoms with Crippen molar-refractivity contribution in [2.45, 2.75) is 62.2 Å². The zero-order valence-corrected chi connectivity index (χ0v) is 16.0. The van der Waals surface area contributed by atoms with Gasteiger partial charge < -0.3 is 9.47 Å². The first-order valence-corrected chi connectivity index (χ1v) is 10.0. The molecule has 29 heavy (non-hydrogen) atoms. The summed E-state index contributed by atoms with van der Waals surface area (Å²) in [7, 11) is -5.93. The summed E-state index contributed by atoms with van der Waals surface area (Å²) in [5, 5.41) is -4.83. The van der Waals surface area contributed by atoms with Gasteiger partial charge >= 0.3 is 33.3 Å². The SMILES string of the molecule is C=CC(=O)OC(OCCC(F)(F)S(=O)(=O)O)(C(=O)CC1CCCCC1)C(F)(F)F. The van der Waals surface area contributed by atoms with E-state index in [0.717, 1.165) is 6.42 Å². The lowest BCUT2D eigenvalue weighted by molar-refractivity contribution is -0.347. The third-order valence-corrected chi connectivity index (χ3v) is 5.38. The van der Waals surface area contributed by atoms with Crippen LogP contribution < -0.4 is 0 Å². The molecule has 0 saturated heterocycles. The standard InChI is InChI=1S/C16H21F5O7S/c1-2-13(23)28-15(16(19,20)21,12(22)10-11-6-4-3-5-7-11)27-9-8-14(17,18)29(24,25)26/h2,11H,1,3-10H2,(H,24,25,26). The highest BCUT2D eigenvalue weighted by Gasteiger charge is 2.65. The Morgan fingerprint density at radius 1 is 1.10 bits per heavy atom. The Morgan fingerprint density at radius 3 is 2.10 bits per heavy atom. The predicted octanol–water partition coefficient (Wildman–Crippen LogP) is 3.40. The highest BCUT2D eigenvalue weighted by Crippen LogP contribution is 2.40. The molecule has 0 aromatic rings. The quantitative estimate of drug-likeness (QED) is 0.178. The molecule has 7 nitrogen and oxygen atoms in total. The van der Waals surface area contributed by atoms with Crippen LogP contribution in [0.5, 0.6) is 0 Å². The Labute approximate surface area is 164 Å². The van der Waals surface area contributed by atoms with Crippen LogP contribution in [0.3, 0.4) is 0 Å². The Kier molecular flexibility index (Phi) is 8.31. The van der Waals surface area contributed by atoms with Gasteiger partial charge in [-0.15, -0.1) is 0 Å². The third kappa shape index (κ3) is 6.44. The molecule has 1 saturated carbocycles. The van der Waals surface area contributed by atoms with Gasteiger partial charge in [-0.25, -0.2) is 4.79 Å². The van der Waals surface area contributed by atoms with Crippen LogP contribution in [0.4, 0.5) is 22.0 Å². The molecule has 1 aliphatic rings. The van der Waals surface area contributed by atoms with Gasteiger partial charge in [-0.2, -0.15) is 30.4 Å². The van der Waals surface area contributed by atoms with Gasteiger partial charge in [0.15, 0.2) is 0 Å². The van der Waals surface area contributed by atoms with E-state index in [1.165, 1.54) is 0 Å². The van der Waals surface area contributed by atoms with Gasteiger partial charge in [0.25, 0.3) is 0 Å². The second-order valence-corrected chi connectivity index (χ2v) is 8.13. The molecule has 0 aromatic heterocycles. The molecule has 168 valence electrons. The van der Waals surface area contributed by atoms with Crippen LogP contribution >= 0.6 is 0 Å². The molecule has 1 rings (SSSR count). The first-order valence-electron chi connectivity index (χ1n) is 8.60. The van der Waals surface area contributed by atoms with Crippen LogP contribution in [0.25, 0.3) is 0 Å². The minimum absolute atomic E-state index is 0.324. The maximum absolute atomic E-state index is 13.7. The molecule has 0 spiro atoms. The van der Waals surface area contributed by atoms with E-state index in [0.29, 0.717) is 31.8 Å². The topological polar surface area (TPSA) is 107 Å². The molecule has 1 N–H and O–H groups in total. The highest BCUT2D eigenvalue weighted by atomic mass is 32.2. The zero-order chi connectivity index (χ0) is 22.5. The fourth-order valence-corrected chi connectivity index (χ4v) is 3.22. The number of Topliss-reactive ketones (excluding diaryl/α,β-unsaturated/α-hetero) is 1. The first-order chi connectivity index (χ1) is 13.2. The minimum atomic E-state index is -5.93. The summed E-state index contributed by atoms with van der Waals surface area (Å²) >= 11 is 0. The lowest BCUT2D eigenvalue weighted by Crippen LogP contribution is -2.58. The Bertz CT molecular complexity index is 714. The molecule has 1 atom stereocenters. The van der Waals surface area contributed by atoms with E-state index in [2.05, 4.69) is 16.1 Å². The van der Waals surface area contributed by atoms with Crippen LogP contribution in [0, 0.1) is 5.92 Å². The smallest absolute Gasteiger partial charge is 0.413 e. The summed E-state index contributed by atoms with van der Waals surface area (Å²) in [5.41, 5.74) is 0. The summed E-state index contributed by atoms with van der Waals surface area (Å²) in [5.74, 6) is -8.04. The predicted molar refractivity (Wildman–Crippen MR) is 88.3 cm³/mol. The minimum Gasteiger partial charge on any atom is -0.413 e. The Hall–Kier alpha value is -1.60. The van der Waals surface area contributed by atoms with Gasteiger partial charge in [0.05, 0.1) is 13.0 Å². The average molecular weight is 452 g/mol. The largest absolute Gasteiger partial charge is 0.463 e. The van der Waals surface area contributed by atoms with Crippen molar-refractivity contribution in [1.82, 2.24) is 0 Å². The number of ketones is 1. The summed E-state index contributed by atoms with van der Waals surface area (Å²) in [4.78, 5) is 23.9. The molecule has 1 fully saturated rings. The molecular weight excluding hydrogens is 431 g/mol. The van der Waals surface area contributed by atoms with Crippen LogP contribution in [-0.2, 0) is 29.2 Å². The fourth-order valence-electron chi connectivity index (χ4n) is 2.88. The summed E-state index contributed by atoms with van der Waals surface area (Å²) in [6, 6.07) is 0. The third-order valence-electron chi connectivity index (χ3n) is 4.43. The van der Waals surface area contributed by atoms with Crippen molar-refractivity contribution >= 4 is 21.9 Å². The fraction of sp³-hybridized carbons (Fsp3) is 0.750. The molecule has 0 radical (unpaired) electrons. The van der Waals surface area contributed by atoms with Crippen LogP contribution in [0.2, 0.25) is 0 Å². The molecular formula is C16H21F5O7S. The number of carbonyl (C=O) groups is 2. The number of esters is 1. The molecule has 0 bridgehead atoms. The number of alkyl halides is 5. The lowest BCUT2D eigenvalue weighted by atomic mass is 9.84. The number of halogens is 5. The number of rotatable bonds is 10. The molecule has 0 aliphatic heterocycles. The first kappa shape index (κ1) is 25.4. The monoisotopic (exact) mass is 452 g/mol. The Balaban J connectivity index is 3.14. The van der Waals surface area contributed by atoms with E-state index in [1.54, 1.807) is 0 Å². The number of carbonyl (C=O) groups excluding carboxylic acids is 2. The second kappa shape index (κ2) is 9.47. The number of hydrogen-bond donors (Lipinski definition) is 1. The summed E-state index contributed by atoms with van der Waals surface area (Å²) < 4.78 is 106. The van der Waals surface area contributed by atoms with Gasteiger partial charge in [0.1, 0.15) is 0 Å². The van der Waals surface area contributed by atoms with Crippen LogP contribution in [0.1, 0.15) is 44.9 Å². The van der Waals surface area contributed by atoms with Gasteiger partial charge in [-0.05, 0) is 5.92 Å². The molecule has 0 aromatic carbocycles. The number of ether oxygens (including phenoxy) is 2. The average Bonchev–Trinajstić information content (AvgIpc) is 2.59. The molecule has 1 aliphatic carbocycles. The van der Waals surface area contributed by atoms with E-state index >= 15 is 0 Å². The highest BCUT2D eigenvalue weighted by molar-refractivity contribution is 7.86.